The summed E-state index contributed by atoms with van der Waals surface area (Å²) in [6.07, 6.45) is 2.20. The van der Waals surface area contributed by atoms with Gasteiger partial charge in [0, 0.05) is 23.2 Å². The lowest BCUT2D eigenvalue weighted by molar-refractivity contribution is 0.301. The van der Waals surface area contributed by atoms with Crippen molar-refractivity contribution < 1.29 is 4.74 Å². The Labute approximate surface area is 167 Å². The summed E-state index contributed by atoms with van der Waals surface area (Å²) >= 11 is 5.94. The van der Waals surface area contributed by atoms with Gasteiger partial charge >= 0.3 is 0 Å². The Hall–Kier alpha value is -2.29. The van der Waals surface area contributed by atoms with Crippen molar-refractivity contribution in [1.82, 2.24) is 5.32 Å². The Morgan fingerprint density at radius 3 is 2.33 bits per heavy atom. The normalized spacial score (nSPS) is 11.9. The van der Waals surface area contributed by atoms with Gasteiger partial charge in [-0.1, -0.05) is 72.3 Å². The maximum atomic E-state index is 6.04. The SMILES string of the molecule is C[C@H](CCc1ccccc1)NCc1ccccc1OCc1ccc(Cl)cc1. The van der Waals surface area contributed by atoms with Gasteiger partial charge in [-0.3, -0.25) is 0 Å². The molecule has 0 saturated carbocycles. The van der Waals surface area contributed by atoms with E-state index in [2.05, 4.69) is 54.7 Å². The fraction of sp³-hybridized carbons (Fsp3) is 0.250. The highest BCUT2D eigenvalue weighted by Gasteiger charge is 2.07. The van der Waals surface area contributed by atoms with Crippen LogP contribution in [0.5, 0.6) is 5.75 Å². The molecule has 0 radical (unpaired) electrons. The third kappa shape index (κ3) is 6.42. The molecular formula is C24H26ClNO. The maximum Gasteiger partial charge on any atom is 0.124 e. The lowest BCUT2D eigenvalue weighted by Crippen LogP contribution is -2.26. The van der Waals surface area contributed by atoms with Crippen LogP contribution in [-0.4, -0.2) is 6.04 Å². The molecule has 3 rings (SSSR count). The van der Waals surface area contributed by atoms with E-state index in [0.29, 0.717) is 12.6 Å². The zero-order chi connectivity index (χ0) is 18.9. The van der Waals surface area contributed by atoms with Crippen LogP contribution >= 0.6 is 11.6 Å². The van der Waals surface area contributed by atoms with Gasteiger partial charge < -0.3 is 10.1 Å². The van der Waals surface area contributed by atoms with Crippen molar-refractivity contribution in [2.75, 3.05) is 0 Å². The van der Waals surface area contributed by atoms with Crippen molar-refractivity contribution in [2.24, 2.45) is 0 Å². The lowest BCUT2D eigenvalue weighted by Gasteiger charge is -2.16. The Balaban J connectivity index is 1.50. The summed E-state index contributed by atoms with van der Waals surface area (Å²) in [6, 6.07) is 27.1. The number of hydrogen-bond donors (Lipinski definition) is 1. The predicted molar refractivity (Wildman–Crippen MR) is 113 cm³/mol. The molecule has 0 amide bonds. The van der Waals surface area contributed by atoms with Gasteiger partial charge in [-0.25, -0.2) is 0 Å². The topological polar surface area (TPSA) is 21.3 Å². The summed E-state index contributed by atoms with van der Waals surface area (Å²) in [5.74, 6) is 0.926. The molecule has 0 unspecified atom stereocenters. The Morgan fingerprint density at radius 1 is 0.852 bits per heavy atom. The molecule has 27 heavy (non-hydrogen) atoms. The standard InChI is InChI=1S/C24H26ClNO/c1-19(11-12-20-7-3-2-4-8-20)26-17-22-9-5-6-10-24(22)27-18-21-13-15-23(25)16-14-21/h2-10,13-16,19,26H,11-12,17-18H2,1H3/t19-/m1/s1. The van der Waals surface area contributed by atoms with E-state index in [-0.39, 0.29) is 0 Å². The van der Waals surface area contributed by atoms with E-state index in [1.54, 1.807) is 0 Å². The van der Waals surface area contributed by atoms with E-state index < -0.39 is 0 Å². The van der Waals surface area contributed by atoms with Gasteiger partial charge in [0.15, 0.2) is 0 Å². The third-order valence-electron chi connectivity index (χ3n) is 4.63. The van der Waals surface area contributed by atoms with Crippen LogP contribution < -0.4 is 10.1 Å². The van der Waals surface area contributed by atoms with E-state index in [1.807, 2.05) is 36.4 Å². The fourth-order valence-electron chi connectivity index (χ4n) is 2.95. The largest absolute Gasteiger partial charge is 0.489 e. The molecule has 0 spiro atoms. The van der Waals surface area contributed by atoms with Gasteiger partial charge in [0.25, 0.3) is 0 Å². The number of halogens is 1. The molecule has 0 aliphatic carbocycles. The molecule has 1 atom stereocenters. The van der Waals surface area contributed by atoms with Crippen LogP contribution in [-0.2, 0) is 19.6 Å². The maximum absolute atomic E-state index is 6.04. The number of hydrogen-bond acceptors (Lipinski definition) is 2. The first-order valence-electron chi connectivity index (χ1n) is 9.43. The Morgan fingerprint density at radius 2 is 1.56 bits per heavy atom. The van der Waals surface area contributed by atoms with Crippen LogP contribution in [0, 0.1) is 0 Å². The van der Waals surface area contributed by atoms with Crippen LogP contribution in [0.1, 0.15) is 30.0 Å². The van der Waals surface area contributed by atoms with E-state index in [1.165, 1.54) is 11.1 Å². The number of ether oxygens (including phenoxy) is 1. The minimum absolute atomic E-state index is 0.439. The van der Waals surface area contributed by atoms with Gasteiger partial charge in [-0.2, -0.15) is 0 Å². The van der Waals surface area contributed by atoms with Gasteiger partial charge in [-0.05, 0) is 49.1 Å². The van der Waals surface area contributed by atoms with Crippen molar-refractivity contribution in [1.29, 1.82) is 0 Å². The fourth-order valence-corrected chi connectivity index (χ4v) is 3.07. The third-order valence-corrected chi connectivity index (χ3v) is 4.88. The summed E-state index contributed by atoms with van der Waals surface area (Å²) in [5.41, 5.74) is 3.68. The van der Waals surface area contributed by atoms with E-state index in [9.17, 15) is 0 Å². The lowest BCUT2D eigenvalue weighted by atomic mass is 10.1. The second-order valence-corrected chi connectivity index (χ2v) is 7.27. The van der Waals surface area contributed by atoms with Gasteiger partial charge in [0.2, 0.25) is 0 Å². The molecule has 3 heteroatoms. The second kappa shape index (κ2) is 10.1. The van der Waals surface area contributed by atoms with Gasteiger partial charge in [0.1, 0.15) is 12.4 Å². The molecule has 0 aliphatic rings. The molecule has 0 fully saturated rings. The molecule has 0 heterocycles. The molecule has 0 saturated heterocycles. The van der Waals surface area contributed by atoms with Crippen molar-refractivity contribution in [2.45, 2.75) is 39.0 Å². The van der Waals surface area contributed by atoms with Crippen LogP contribution in [0.25, 0.3) is 0 Å². The number of aryl methyl sites for hydroxylation is 1. The second-order valence-electron chi connectivity index (χ2n) is 6.83. The van der Waals surface area contributed by atoms with Crippen molar-refractivity contribution in [3.63, 3.8) is 0 Å². The summed E-state index contributed by atoms with van der Waals surface area (Å²) < 4.78 is 6.04. The van der Waals surface area contributed by atoms with E-state index in [0.717, 1.165) is 35.7 Å². The molecule has 0 aromatic heterocycles. The first-order valence-corrected chi connectivity index (χ1v) is 9.81. The first kappa shape index (κ1) is 19.5. The van der Waals surface area contributed by atoms with Crippen LogP contribution in [0.3, 0.4) is 0 Å². The molecule has 2 nitrogen and oxygen atoms in total. The molecule has 0 bridgehead atoms. The van der Waals surface area contributed by atoms with Crippen LogP contribution in [0.2, 0.25) is 5.02 Å². The predicted octanol–water partition coefficient (Wildman–Crippen LogP) is 6.03. The molecule has 0 aliphatic heterocycles. The minimum Gasteiger partial charge on any atom is -0.489 e. The van der Waals surface area contributed by atoms with Crippen molar-refractivity contribution >= 4 is 11.6 Å². The number of rotatable bonds is 9. The highest BCUT2D eigenvalue weighted by Crippen LogP contribution is 2.20. The summed E-state index contributed by atoms with van der Waals surface area (Å²) in [6.45, 7) is 3.57. The van der Waals surface area contributed by atoms with Gasteiger partial charge in [0.05, 0.1) is 0 Å². The average molecular weight is 380 g/mol. The van der Waals surface area contributed by atoms with Crippen molar-refractivity contribution in [3.05, 3.63) is 101 Å². The average Bonchev–Trinajstić information content (AvgIpc) is 2.71. The van der Waals surface area contributed by atoms with E-state index in [4.69, 9.17) is 16.3 Å². The molecule has 1 N–H and O–H groups in total. The number of benzene rings is 3. The molecule has 3 aromatic carbocycles. The van der Waals surface area contributed by atoms with Crippen LogP contribution in [0.15, 0.2) is 78.9 Å². The Kier molecular flexibility index (Phi) is 7.32. The zero-order valence-electron chi connectivity index (χ0n) is 15.7. The highest BCUT2D eigenvalue weighted by atomic mass is 35.5. The minimum atomic E-state index is 0.439. The van der Waals surface area contributed by atoms with E-state index >= 15 is 0 Å². The van der Waals surface area contributed by atoms with Crippen LogP contribution in [0.4, 0.5) is 0 Å². The Bertz CT molecular complexity index is 817. The highest BCUT2D eigenvalue weighted by molar-refractivity contribution is 6.30. The zero-order valence-corrected chi connectivity index (χ0v) is 16.5. The monoisotopic (exact) mass is 379 g/mol. The summed E-state index contributed by atoms with van der Waals surface area (Å²) in [7, 11) is 0. The summed E-state index contributed by atoms with van der Waals surface area (Å²) in [5, 5.41) is 4.36. The number of nitrogens with one attached hydrogen (secondary N) is 1. The molecular weight excluding hydrogens is 354 g/mol. The first-order chi connectivity index (χ1) is 13.2. The van der Waals surface area contributed by atoms with Crippen molar-refractivity contribution in [3.8, 4) is 5.75 Å². The molecule has 140 valence electrons. The summed E-state index contributed by atoms with van der Waals surface area (Å²) in [4.78, 5) is 0. The molecule has 3 aromatic rings. The number of para-hydroxylation sites is 1. The quantitative estimate of drug-likeness (QED) is 0.490. The van der Waals surface area contributed by atoms with Gasteiger partial charge in [-0.15, -0.1) is 0 Å². The smallest absolute Gasteiger partial charge is 0.124 e.